The lowest BCUT2D eigenvalue weighted by Gasteiger charge is -2.32. The van der Waals surface area contributed by atoms with Gasteiger partial charge in [-0.25, -0.2) is 0 Å². The highest BCUT2D eigenvalue weighted by Gasteiger charge is 2.13. The highest BCUT2D eigenvalue weighted by Crippen LogP contribution is 2.24. The molecule has 20 heavy (non-hydrogen) atoms. The van der Waals surface area contributed by atoms with Gasteiger partial charge in [0.05, 0.1) is 6.61 Å². The molecule has 2 rings (SSSR count). The summed E-state index contributed by atoms with van der Waals surface area (Å²) in [6.45, 7) is 10.4. The van der Waals surface area contributed by atoms with Gasteiger partial charge in [-0.05, 0) is 37.6 Å². The normalized spacial score (nSPS) is 17.4. The van der Waals surface area contributed by atoms with Gasteiger partial charge < -0.3 is 14.7 Å². The number of hydrogen-bond donors (Lipinski definition) is 1. The van der Waals surface area contributed by atoms with Gasteiger partial charge in [-0.2, -0.15) is 0 Å². The number of aliphatic hydroxyl groups is 1. The first-order chi connectivity index (χ1) is 9.60. The molecular formula is C16H26N2O2. The minimum absolute atomic E-state index is 0.0866. The lowest BCUT2D eigenvalue weighted by Crippen LogP contribution is -2.45. The highest BCUT2D eigenvalue weighted by molar-refractivity contribution is 5.43. The van der Waals surface area contributed by atoms with E-state index in [2.05, 4.69) is 16.8 Å². The highest BCUT2D eigenvalue weighted by atomic mass is 16.5. The summed E-state index contributed by atoms with van der Waals surface area (Å²) < 4.78 is 5.96. The van der Waals surface area contributed by atoms with Crippen LogP contribution in [0.15, 0.2) is 12.1 Å². The first kappa shape index (κ1) is 15.3. The maximum Gasteiger partial charge on any atom is 0.125 e. The number of benzene rings is 1. The third-order valence-electron chi connectivity index (χ3n) is 3.95. The third-order valence-corrected chi connectivity index (χ3v) is 3.95. The molecule has 0 aliphatic carbocycles. The van der Waals surface area contributed by atoms with E-state index in [0.717, 1.165) is 61.8 Å². The molecule has 1 aromatic carbocycles. The van der Waals surface area contributed by atoms with Crippen molar-refractivity contribution in [2.45, 2.75) is 20.5 Å². The van der Waals surface area contributed by atoms with Crippen molar-refractivity contribution >= 4 is 0 Å². The molecule has 112 valence electrons. The van der Waals surface area contributed by atoms with Gasteiger partial charge in [0.15, 0.2) is 0 Å². The molecule has 1 aliphatic heterocycles. The minimum atomic E-state index is 0.0866. The summed E-state index contributed by atoms with van der Waals surface area (Å²) >= 11 is 0. The smallest absolute Gasteiger partial charge is 0.125 e. The molecule has 0 aromatic heterocycles. The number of hydrogen-bond acceptors (Lipinski definition) is 4. The number of ether oxygens (including phenoxy) is 1. The molecule has 1 aromatic rings. The Morgan fingerprint density at radius 2 is 1.70 bits per heavy atom. The Morgan fingerprint density at radius 3 is 2.25 bits per heavy atom. The molecule has 1 aliphatic rings. The summed E-state index contributed by atoms with van der Waals surface area (Å²) in [4.78, 5) is 4.81. The van der Waals surface area contributed by atoms with Crippen LogP contribution in [0.2, 0.25) is 0 Å². The molecule has 1 N–H and O–H groups in total. The van der Waals surface area contributed by atoms with E-state index in [4.69, 9.17) is 4.74 Å². The molecule has 4 nitrogen and oxygen atoms in total. The van der Waals surface area contributed by atoms with Crippen LogP contribution in [-0.2, 0) is 6.61 Å². The summed E-state index contributed by atoms with van der Waals surface area (Å²) in [5.41, 5.74) is 3.16. The fraction of sp³-hybridized carbons (Fsp3) is 0.625. The van der Waals surface area contributed by atoms with Gasteiger partial charge in [0, 0.05) is 32.7 Å². The van der Waals surface area contributed by atoms with Crippen LogP contribution in [0.5, 0.6) is 5.75 Å². The van der Waals surface area contributed by atoms with Crippen molar-refractivity contribution in [3.05, 3.63) is 28.8 Å². The number of aliphatic hydroxyl groups excluding tert-OH is 1. The zero-order valence-corrected chi connectivity index (χ0v) is 12.9. The van der Waals surface area contributed by atoms with E-state index in [0.29, 0.717) is 0 Å². The van der Waals surface area contributed by atoms with Gasteiger partial charge in [0.25, 0.3) is 0 Å². The van der Waals surface area contributed by atoms with Gasteiger partial charge in [-0.15, -0.1) is 0 Å². The molecule has 0 unspecified atom stereocenters. The Hall–Kier alpha value is -1.10. The topological polar surface area (TPSA) is 35.9 Å². The van der Waals surface area contributed by atoms with Gasteiger partial charge in [-0.1, -0.05) is 12.1 Å². The molecule has 0 radical (unpaired) electrons. The fourth-order valence-corrected chi connectivity index (χ4v) is 2.71. The van der Waals surface area contributed by atoms with E-state index >= 15 is 0 Å². The maximum atomic E-state index is 9.19. The third kappa shape index (κ3) is 3.95. The Labute approximate surface area is 122 Å². The van der Waals surface area contributed by atoms with E-state index in [1.165, 1.54) is 0 Å². The molecule has 0 amide bonds. The van der Waals surface area contributed by atoms with Crippen LogP contribution in [0.3, 0.4) is 0 Å². The largest absolute Gasteiger partial charge is 0.492 e. The van der Waals surface area contributed by atoms with Crippen molar-refractivity contribution in [2.24, 2.45) is 0 Å². The molecule has 0 spiro atoms. The van der Waals surface area contributed by atoms with Crippen molar-refractivity contribution in [1.29, 1.82) is 0 Å². The lowest BCUT2D eigenvalue weighted by molar-refractivity contribution is 0.133. The SMILES string of the molecule is Cc1cc(CO)cc(C)c1OCCN1CCN(C)CC1. The summed E-state index contributed by atoms with van der Waals surface area (Å²) in [5, 5.41) is 9.19. The van der Waals surface area contributed by atoms with E-state index < -0.39 is 0 Å². The predicted molar refractivity (Wildman–Crippen MR) is 81.3 cm³/mol. The van der Waals surface area contributed by atoms with Crippen molar-refractivity contribution in [3.8, 4) is 5.75 Å². The molecular weight excluding hydrogens is 252 g/mol. The summed E-state index contributed by atoms with van der Waals surface area (Å²) in [6.07, 6.45) is 0. The quantitative estimate of drug-likeness (QED) is 0.884. The van der Waals surface area contributed by atoms with Crippen molar-refractivity contribution in [3.63, 3.8) is 0 Å². The predicted octanol–water partition coefficient (Wildman–Crippen LogP) is 1.42. The second-order valence-electron chi connectivity index (χ2n) is 5.71. The van der Waals surface area contributed by atoms with Crippen LogP contribution < -0.4 is 4.74 Å². The number of likely N-dealkylation sites (N-methyl/N-ethyl adjacent to an activating group) is 1. The molecule has 0 atom stereocenters. The average molecular weight is 278 g/mol. The zero-order chi connectivity index (χ0) is 14.5. The summed E-state index contributed by atoms with van der Waals surface area (Å²) in [6, 6.07) is 4.00. The van der Waals surface area contributed by atoms with Gasteiger partial charge in [0.2, 0.25) is 0 Å². The van der Waals surface area contributed by atoms with Crippen LogP contribution in [0.25, 0.3) is 0 Å². The monoisotopic (exact) mass is 278 g/mol. The summed E-state index contributed by atoms with van der Waals surface area (Å²) in [7, 11) is 2.17. The minimum Gasteiger partial charge on any atom is -0.492 e. The Kier molecular flexibility index (Phi) is 5.40. The van der Waals surface area contributed by atoms with Crippen molar-refractivity contribution in [2.75, 3.05) is 46.4 Å². The zero-order valence-electron chi connectivity index (χ0n) is 12.9. The van der Waals surface area contributed by atoms with Gasteiger partial charge >= 0.3 is 0 Å². The summed E-state index contributed by atoms with van der Waals surface area (Å²) in [5.74, 6) is 0.969. The molecule has 4 heteroatoms. The standard InChI is InChI=1S/C16H26N2O2/c1-13-10-15(12-19)11-14(2)16(13)20-9-8-18-6-4-17(3)5-7-18/h10-11,19H,4-9,12H2,1-3H3. The van der Waals surface area contributed by atoms with Gasteiger partial charge in [0.1, 0.15) is 12.4 Å². The Morgan fingerprint density at radius 1 is 1.10 bits per heavy atom. The van der Waals surface area contributed by atoms with Crippen LogP contribution in [0.4, 0.5) is 0 Å². The van der Waals surface area contributed by atoms with Crippen LogP contribution in [-0.4, -0.2) is 61.3 Å². The number of nitrogens with zero attached hydrogens (tertiary/aromatic N) is 2. The van der Waals surface area contributed by atoms with Crippen LogP contribution in [0.1, 0.15) is 16.7 Å². The maximum absolute atomic E-state index is 9.19. The molecule has 1 heterocycles. The van der Waals surface area contributed by atoms with E-state index in [9.17, 15) is 5.11 Å². The Bertz CT molecular complexity index is 417. The average Bonchev–Trinajstić information content (AvgIpc) is 2.43. The molecule has 1 saturated heterocycles. The second kappa shape index (κ2) is 7.07. The first-order valence-corrected chi connectivity index (χ1v) is 7.35. The van der Waals surface area contributed by atoms with Crippen LogP contribution >= 0.6 is 0 Å². The second-order valence-corrected chi connectivity index (χ2v) is 5.71. The van der Waals surface area contributed by atoms with Gasteiger partial charge in [-0.3, -0.25) is 4.90 Å². The van der Waals surface area contributed by atoms with E-state index in [1.807, 2.05) is 26.0 Å². The molecule has 1 fully saturated rings. The Balaban J connectivity index is 1.85. The number of aryl methyl sites for hydroxylation is 2. The van der Waals surface area contributed by atoms with Crippen molar-refractivity contribution < 1.29 is 9.84 Å². The van der Waals surface area contributed by atoms with E-state index in [1.54, 1.807) is 0 Å². The molecule has 0 saturated carbocycles. The first-order valence-electron chi connectivity index (χ1n) is 7.35. The van der Waals surface area contributed by atoms with Crippen LogP contribution in [0, 0.1) is 13.8 Å². The number of piperazine rings is 1. The number of rotatable bonds is 5. The molecule has 0 bridgehead atoms. The fourth-order valence-electron chi connectivity index (χ4n) is 2.71. The van der Waals surface area contributed by atoms with E-state index in [-0.39, 0.29) is 6.61 Å². The van der Waals surface area contributed by atoms with Crippen molar-refractivity contribution in [1.82, 2.24) is 9.80 Å². The lowest BCUT2D eigenvalue weighted by atomic mass is 10.1.